The minimum absolute atomic E-state index is 0. The van der Waals surface area contributed by atoms with Crippen LogP contribution in [0, 0.1) is 0 Å². The third-order valence-corrected chi connectivity index (χ3v) is 5.60. The second-order valence-corrected chi connectivity index (χ2v) is 8.42. The second kappa shape index (κ2) is 18.4. The molecule has 4 rings (SSSR count). The predicted octanol–water partition coefficient (Wildman–Crippen LogP) is 2.66. The Labute approximate surface area is 271 Å². The molecule has 4 aromatic rings. The number of methoxy groups -OCH3 is 2. The number of aldehydes is 2. The van der Waals surface area contributed by atoms with Crippen LogP contribution in [0.3, 0.4) is 0 Å². The zero-order valence-corrected chi connectivity index (χ0v) is 25.9. The molecule has 0 atom stereocenters. The summed E-state index contributed by atoms with van der Waals surface area (Å²) in [6, 6.07) is 19.5. The molecule has 10 nitrogen and oxygen atoms in total. The number of phenolic OH excluding ortho intramolecular Hbond substituents is 5. The number of benzene rings is 4. The first-order valence-corrected chi connectivity index (χ1v) is 12.3. The van der Waals surface area contributed by atoms with Gasteiger partial charge in [0.1, 0.15) is 30.7 Å². The van der Waals surface area contributed by atoms with E-state index in [9.17, 15) is 19.8 Å². The zero-order chi connectivity index (χ0) is 30.4. The van der Waals surface area contributed by atoms with Crippen LogP contribution in [0.15, 0.2) is 72.8 Å². The number of carbonyl (C=O) groups is 2. The van der Waals surface area contributed by atoms with Crippen LogP contribution in [0.1, 0.15) is 33.3 Å². The van der Waals surface area contributed by atoms with Crippen LogP contribution in [0.2, 0.25) is 0 Å². The van der Waals surface area contributed by atoms with Gasteiger partial charge in [-0.1, -0.05) is 24.3 Å². The van der Waals surface area contributed by atoms with Crippen LogP contribution in [-0.4, -0.2) is 52.3 Å². The Hall–Kier alpha value is -4.09. The molecule has 0 spiro atoms. The van der Waals surface area contributed by atoms with Crippen LogP contribution in [0.4, 0.5) is 0 Å². The molecule has 0 aliphatic heterocycles. The zero-order valence-electron chi connectivity index (χ0n) is 24.2. The number of phenols is 5. The summed E-state index contributed by atoms with van der Waals surface area (Å²) in [6.45, 7) is 0.172. The van der Waals surface area contributed by atoms with Gasteiger partial charge in [0.25, 0.3) is 0 Å². The van der Waals surface area contributed by atoms with E-state index in [1.165, 1.54) is 12.1 Å². The van der Waals surface area contributed by atoms with E-state index in [2.05, 4.69) is 0 Å². The number of carbonyl (C=O) groups excluding carboxylic acids is 2. The van der Waals surface area contributed by atoms with Crippen LogP contribution < -0.4 is 43.8 Å². The average Bonchev–Trinajstić information content (AvgIpc) is 3.00. The van der Waals surface area contributed by atoms with Crippen molar-refractivity contribution in [1.82, 2.24) is 0 Å². The number of alkyl halides is 1. The van der Waals surface area contributed by atoms with Gasteiger partial charge in [-0.15, -0.1) is 11.6 Å². The third kappa shape index (κ3) is 11.1. The maximum atomic E-state index is 10.6. The Kier molecular flexibility index (Phi) is 15.7. The molecular weight excluding hydrogens is 579 g/mol. The maximum absolute atomic E-state index is 10.6. The fraction of sp³-hybridized carbons (Fsp3) is 0.133. The molecular formula is C30H30ClNaO10. The first kappa shape index (κ1) is 35.9. The van der Waals surface area contributed by atoms with E-state index in [1.807, 2.05) is 36.4 Å². The molecule has 0 heterocycles. The van der Waals surface area contributed by atoms with Crippen LogP contribution in [0.5, 0.6) is 46.0 Å². The van der Waals surface area contributed by atoms with Gasteiger partial charge in [0, 0.05) is 17.0 Å². The van der Waals surface area contributed by atoms with Gasteiger partial charge in [0.15, 0.2) is 28.7 Å². The van der Waals surface area contributed by atoms with Crippen LogP contribution in [-0.2, 0) is 12.5 Å². The first-order chi connectivity index (χ1) is 19.6. The summed E-state index contributed by atoms with van der Waals surface area (Å²) in [7, 11) is 3.23. The topological polar surface area (TPSA) is 163 Å². The summed E-state index contributed by atoms with van der Waals surface area (Å²) in [6.07, 6.45) is 0.992. The van der Waals surface area contributed by atoms with E-state index in [0.29, 0.717) is 18.5 Å². The van der Waals surface area contributed by atoms with E-state index < -0.39 is 17.2 Å². The van der Waals surface area contributed by atoms with Crippen molar-refractivity contribution < 1.29 is 80.3 Å². The summed E-state index contributed by atoms with van der Waals surface area (Å²) < 4.78 is 15.4. The Morgan fingerprint density at radius 2 is 1.05 bits per heavy atom. The number of rotatable bonds is 8. The van der Waals surface area contributed by atoms with Crippen LogP contribution >= 0.6 is 11.6 Å². The van der Waals surface area contributed by atoms with Gasteiger partial charge in [-0.25, -0.2) is 0 Å². The second-order valence-electron chi connectivity index (χ2n) is 8.15. The van der Waals surface area contributed by atoms with Crippen molar-refractivity contribution >= 4 is 24.2 Å². The molecule has 0 aliphatic rings. The molecule has 218 valence electrons. The minimum Gasteiger partial charge on any atom is -1.00 e. The van der Waals surface area contributed by atoms with Crippen molar-refractivity contribution in [2.45, 2.75) is 12.5 Å². The Morgan fingerprint density at radius 3 is 1.40 bits per heavy atom. The standard InChI is InChI=1S/C15H14O5.C8H9ClO.C7H6O4.Na.H/c1-19-12-4-2-10(3-5-12)9-20-15-13(17)6-11(8-16)7-14(15)18;1-10-8-4-2-7(6-9)3-5-8;8-3-4-1-5(9)7(11)6(10)2-4;;/h2-8,17-18H,9H2,1H3;2-5H,6H2,1H3;1-3,9-11H;;/q;;;+1;-1. The molecule has 0 saturated carbocycles. The van der Waals surface area contributed by atoms with Crippen LogP contribution in [0.25, 0.3) is 0 Å². The largest absolute Gasteiger partial charge is 1.00 e. The molecule has 12 heteroatoms. The van der Waals surface area contributed by atoms with Crippen molar-refractivity contribution in [3.63, 3.8) is 0 Å². The minimum atomic E-state index is -0.615. The van der Waals surface area contributed by atoms with Crippen molar-refractivity contribution in [2.24, 2.45) is 0 Å². The molecule has 0 unspecified atom stereocenters. The summed E-state index contributed by atoms with van der Waals surface area (Å²) in [5.74, 6) is -0.0737. The molecule has 4 aromatic carbocycles. The summed E-state index contributed by atoms with van der Waals surface area (Å²) in [5, 5.41) is 45.9. The number of hydrogen-bond donors (Lipinski definition) is 5. The monoisotopic (exact) mass is 608 g/mol. The Balaban J connectivity index is 0.000000655. The van der Waals surface area contributed by atoms with Crippen molar-refractivity contribution in [2.75, 3.05) is 14.2 Å². The number of ether oxygens (including phenoxy) is 3. The van der Waals surface area contributed by atoms with E-state index in [1.54, 1.807) is 26.4 Å². The number of aromatic hydroxyl groups is 5. The summed E-state index contributed by atoms with van der Waals surface area (Å²) in [5.41, 5.74) is 2.25. The van der Waals surface area contributed by atoms with Gasteiger partial charge in [0.2, 0.25) is 5.75 Å². The first-order valence-electron chi connectivity index (χ1n) is 11.8. The predicted molar refractivity (Wildman–Crippen MR) is 153 cm³/mol. The van der Waals surface area contributed by atoms with Gasteiger partial charge >= 0.3 is 29.6 Å². The molecule has 0 fully saturated rings. The molecule has 0 amide bonds. The molecule has 5 N–H and O–H groups in total. The van der Waals surface area contributed by atoms with Gasteiger partial charge in [-0.05, 0) is 59.7 Å². The Bertz CT molecular complexity index is 1370. The van der Waals surface area contributed by atoms with Gasteiger partial charge in [-0.2, -0.15) is 0 Å². The van der Waals surface area contributed by atoms with E-state index >= 15 is 0 Å². The molecule has 42 heavy (non-hydrogen) atoms. The third-order valence-electron chi connectivity index (χ3n) is 5.29. The SMILES string of the molecule is COc1ccc(CCl)cc1.COc1ccc(COc2c(O)cc(C=O)cc2O)cc1.O=Cc1cc(O)c(O)c(O)c1.[H-].[Na+]. The maximum Gasteiger partial charge on any atom is 1.00 e. The summed E-state index contributed by atoms with van der Waals surface area (Å²) >= 11 is 5.58. The smallest absolute Gasteiger partial charge is 1.00 e. The molecule has 0 aromatic heterocycles. The van der Waals surface area contributed by atoms with E-state index in [0.717, 1.165) is 34.8 Å². The van der Waals surface area contributed by atoms with Crippen molar-refractivity contribution in [3.05, 3.63) is 95.1 Å². The fourth-order valence-electron chi connectivity index (χ4n) is 3.12. The quantitative estimate of drug-likeness (QED) is 0.0870. The average molecular weight is 609 g/mol. The Morgan fingerprint density at radius 1 is 0.667 bits per heavy atom. The van der Waals surface area contributed by atoms with E-state index in [4.69, 9.17) is 41.1 Å². The number of hydrogen-bond acceptors (Lipinski definition) is 10. The van der Waals surface area contributed by atoms with Crippen molar-refractivity contribution in [3.8, 4) is 46.0 Å². The molecule has 0 radical (unpaired) electrons. The summed E-state index contributed by atoms with van der Waals surface area (Å²) in [4.78, 5) is 20.7. The number of halogens is 1. The molecule has 0 saturated heterocycles. The normalized spacial score (nSPS) is 9.50. The van der Waals surface area contributed by atoms with Gasteiger partial charge in [0.05, 0.1) is 14.2 Å². The molecule has 0 bridgehead atoms. The van der Waals surface area contributed by atoms with Gasteiger partial charge in [-0.3, -0.25) is 9.59 Å². The van der Waals surface area contributed by atoms with Crippen molar-refractivity contribution in [1.29, 1.82) is 0 Å². The fourth-order valence-corrected chi connectivity index (χ4v) is 3.30. The van der Waals surface area contributed by atoms with E-state index in [-0.39, 0.29) is 66.0 Å². The van der Waals surface area contributed by atoms with Gasteiger partial charge < -0.3 is 41.2 Å². The molecule has 0 aliphatic carbocycles.